The lowest BCUT2D eigenvalue weighted by Crippen LogP contribution is -2.59. The molecular formula is C25H28F3N3O6. The molecule has 0 spiro atoms. The van der Waals surface area contributed by atoms with Crippen molar-refractivity contribution in [2.24, 2.45) is 0 Å². The molecule has 3 N–H and O–H groups in total. The van der Waals surface area contributed by atoms with Gasteiger partial charge in [-0.25, -0.2) is 10.3 Å². The van der Waals surface area contributed by atoms with Crippen LogP contribution in [-0.4, -0.2) is 52.9 Å². The second-order valence-corrected chi connectivity index (χ2v) is 8.91. The second kappa shape index (κ2) is 11.6. The fourth-order valence-corrected chi connectivity index (χ4v) is 4.10. The first-order valence-electron chi connectivity index (χ1n) is 11.5. The first-order chi connectivity index (χ1) is 17.4. The van der Waals surface area contributed by atoms with Gasteiger partial charge in [-0.1, -0.05) is 23.8 Å². The highest BCUT2D eigenvalue weighted by Crippen LogP contribution is 2.34. The van der Waals surface area contributed by atoms with Crippen molar-refractivity contribution in [1.82, 2.24) is 15.9 Å². The molecular weight excluding hydrogens is 495 g/mol. The number of rotatable bonds is 7. The molecule has 9 nitrogen and oxygen atoms in total. The van der Waals surface area contributed by atoms with Crippen molar-refractivity contribution in [3.63, 3.8) is 0 Å². The monoisotopic (exact) mass is 523 g/mol. The highest BCUT2D eigenvalue weighted by molar-refractivity contribution is 5.95. The molecule has 12 heteroatoms. The normalized spacial score (nSPS) is 15.0. The Labute approximate surface area is 211 Å². The van der Waals surface area contributed by atoms with Gasteiger partial charge in [0, 0.05) is 5.56 Å². The molecule has 2 amide bonds. The number of amides is 2. The van der Waals surface area contributed by atoms with E-state index in [0.717, 1.165) is 16.7 Å². The first-order valence-corrected chi connectivity index (χ1v) is 11.5. The Bertz CT molecular complexity index is 1130. The molecule has 0 aromatic heterocycles. The number of halogens is 3. The summed E-state index contributed by atoms with van der Waals surface area (Å²) in [5, 5.41) is 12.3. The van der Waals surface area contributed by atoms with Gasteiger partial charge in [-0.15, -0.1) is 0 Å². The van der Waals surface area contributed by atoms with Crippen LogP contribution in [0.5, 0.6) is 5.75 Å². The molecule has 200 valence electrons. The van der Waals surface area contributed by atoms with Crippen LogP contribution in [0.2, 0.25) is 0 Å². The Morgan fingerprint density at radius 2 is 1.73 bits per heavy atom. The summed E-state index contributed by atoms with van der Waals surface area (Å²) in [5.41, 5.74) is 2.80. The summed E-state index contributed by atoms with van der Waals surface area (Å²) < 4.78 is 45.0. The molecule has 2 aromatic carbocycles. The van der Waals surface area contributed by atoms with Gasteiger partial charge in [-0.05, 0) is 75.2 Å². The topological polar surface area (TPSA) is 117 Å². The van der Waals surface area contributed by atoms with Gasteiger partial charge in [-0.3, -0.25) is 14.8 Å². The van der Waals surface area contributed by atoms with E-state index in [1.807, 2.05) is 32.0 Å². The van der Waals surface area contributed by atoms with Crippen LogP contribution >= 0.6 is 0 Å². The number of carbonyl (C=O) groups excluding carboxylic acids is 3. The zero-order valence-corrected chi connectivity index (χ0v) is 20.4. The Balaban J connectivity index is 1.86. The minimum absolute atomic E-state index is 0.00562. The van der Waals surface area contributed by atoms with Gasteiger partial charge in [0.2, 0.25) is 5.91 Å². The molecule has 1 saturated heterocycles. The molecule has 1 aliphatic heterocycles. The van der Waals surface area contributed by atoms with E-state index in [1.165, 1.54) is 29.7 Å². The zero-order valence-electron chi connectivity index (χ0n) is 20.4. The van der Waals surface area contributed by atoms with E-state index in [4.69, 9.17) is 9.94 Å². The molecule has 0 unspecified atom stereocenters. The van der Waals surface area contributed by atoms with Crippen LogP contribution in [0.4, 0.5) is 13.2 Å². The molecule has 0 aliphatic carbocycles. The molecule has 2 aromatic rings. The van der Waals surface area contributed by atoms with Crippen molar-refractivity contribution in [1.29, 1.82) is 0 Å². The summed E-state index contributed by atoms with van der Waals surface area (Å²) in [6, 6.07) is 11.5. The van der Waals surface area contributed by atoms with Gasteiger partial charge >= 0.3 is 12.1 Å². The van der Waals surface area contributed by atoms with Crippen LogP contribution in [0.3, 0.4) is 0 Å². The van der Waals surface area contributed by atoms with Crippen molar-refractivity contribution in [3.05, 3.63) is 64.7 Å². The quantitative estimate of drug-likeness (QED) is 0.376. The molecule has 1 aliphatic rings. The third-order valence-electron chi connectivity index (χ3n) is 6.17. The SMILES string of the molecule is Cc1ccc(C)c(COc2ccc(C(=O)N(OC(=O)C(F)(F)F)C3(CC(=O)NO)CCNCC3)cc2)c1. The molecule has 0 saturated carbocycles. The lowest BCUT2D eigenvalue weighted by molar-refractivity contribution is -0.246. The number of benzene rings is 2. The Hall–Kier alpha value is -3.64. The maximum Gasteiger partial charge on any atom is 0.493 e. The van der Waals surface area contributed by atoms with Crippen LogP contribution in [0, 0.1) is 13.8 Å². The van der Waals surface area contributed by atoms with E-state index in [-0.39, 0.29) is 38.1 Å². The molecule has 1 heterocycles. The molecule has 0 atom stereocenters. The van der Waals surface area contributed by atoms with Crippen molar-refractivity contribution in [2.45, 2.75) is 51.4 Å². The predicted molar refractivity (Wildman–Crippen MR) is 124 cm³/mol. The van der Waals surface area contributed by atoms with Crippen LogP contribution in [0.25, 0.3) is 0 Å². The van der Waals surface area contributed by atoms with Crippen LogP contribution in [-0.2, 0) is 21.0 Å². The van der Waals surface area contributed by atoms with Gasteiger partial charge in [0.15, 0.2) is 0 Å². The van der Waals surface area contributed by atoms with Gasteiger partial charge in [0.1, 0.15) is 12.4 Å². The van der Waals surface area contributed by atoms with Crippen LogP contribution < -0.4 is 15.5 Å². The van der Waals surface area contributed by atoms with E-state index in [9.17, 15) is 27.6 Å². The zero-order chi connectivity index (χ0) is 27.2. The van der Waals surface area contributed by atoms with E-state index >= 15 is 0 Å². The predicted octanol–water partition coefficient (Wildman–Crippen LogP) is 3.36. The third-order valence-corrected chi connectivity index (χ3v) is 6.17. The molecule has 1 fully saturated rings. The fraction of sp³-hybridized carbons (Fsp3) is 0.400. The largest absolute Gasteiger partial charge is 0.493 e. The summed E-state index contributed by atoms with van der Waals surface area (Å²) >= 11 is 0. The number of nitrogens with zero attached hydrogens (tertiary/aromatic N) is 1. The lowest BCUT2D eigenvalue weighted by atomic mass is 9.84. The van der Waals surface area contributed by atoms with E-state index in [2.05, 4.69) is 10.2 Å². The summed E-state index contributed by atoms with van der Waals surface area (Å²) in [5.74, 6) is -4.19. The van der Waals surface area contributed by atoms with Gasteiger partial charge < -0.3 is 14.9 Å². The molecule has 0 bridgehead atoms. The smallest absolute Gasteiger partial charge is 0.489 e. The summed E-state index contributed by atoms with van der Waals surface area (Å²) in [7, 11) is 0. The lowest BCUT2D eigenvalue weighted by Gasteiger charge is -2.43. The van der Waals surface area contributed by atoms with Gasteiger partial charge in [0.05, 0.1) is 12.0 Å². The number of alkyl halides is 3. The number of aryl methyl sites for hydroxylation is 2. The van der Waals surface area contributed by atoms with Crippen molar-refractivity contribution >= 4 is 17.8 Å². The van der Waals surface area contributed by atoms with Crippen molar-refractivity contribution in [2.75, 3.05) is 13.1 Å². The average Bonchev–Trinajstić information content (AvgIpc) is 2.87. The maximum absolute atomic E-state index is 13.4. The van der Waals surface area contributed by atoms with E-state index in [0.29, 0.717) is 10.8 Å². The second-order valence-electron chi connectivity index (χ2n) is 8.91. The maximum atomic E-state index is 13.4. The van der Waals surface area contributed by atoms with Gasteiger partial charge in [0.25, 0.3) is 5.91 Å². The minimum Gasteiger partial charge on any atom is -0.489 e. The highest BCUT2D eigenvalue weighted by atomic mass is 19.4. The van der Waals surface area contributed by atoms with Crippen molar-refractivity contribution in [3.8, 4) is 5.75 Å². The number of hydrogen-bond donors (Lipinski definition) is 3. The molecule has 0 radical (unpaired) electrons. The third kappa shape index (κ3) is 6.98. The number of ether oxygens (including phenoxy) is 1. The minimum atomic E-state index is -5.38. The van der Waals surface area contributed by atoms with Crippen molar-refractivity contribution < 1.29 is 42.3 Å². The molecule has 3 rings (SSSR count). The van der Waals surface area contributed by atoms with E-state index in [1.54, 1.807) is 0 Å². The molecule has 37 heavy (non-hydrogen) atoms. The number of hydrogen-bond acceptors (Lipinski definition) is 7. The van der Waals surface area contributed by atoms with Gasteiger partial charge in [-0.2, -0.15) is 18.2 Å². The number of hydroxylamine groups is 3. The number of carbonyl (C=O) groups is 3. The summed E-state index contributed by atoms with van der Waals surface area (Å²) in [6.07, 6.45) is -5.97. The first kappa shape index (κ1) is 27.9. The Morgan fingerprint density at radius 3 is 2.32 bits per heavy atom. The number of piperidine rings is 1. The van der Waals surface area contributed by atoms with Crippen LogP contribution in [0.1, 0.15) is 46.3 Å². The number of nitrogens with one attached hydrogen (secondary N) is 2. The standard InChI is InChI=1S/C25H28F3N3O6/c1-16-3-4-17(2)19(13-16)15-36-20-7-5-18(6-8-20)22(33)31(37-23(34)25(26,27)28)24(14-21(32)30-35)9-11-29-12-10-24/h3-8,13,29,35H,9-12,14-15H2,1-2H3,(H,30,32). The fourth-order valence-electron chi connectivity index (χ4n) is 4.10. The Kier molecular flexibility index (Phi) is 8.77. The summed E-state index contributed by atoms with van der Waals surface area (Å²) in [4.78, 5) is 41.7. The van der Waals surface area contributed by atoms with E-state index < -0.39 is 35.9 Å². The van der Waals surface area contributed by atoms with Crippen LogP contribution in [0.15, 0.2) is 42.5 Å². The summed E-state index contributed by atoms with van der Waals surface area (Å²) in [6.45, 7) is 4.64. The Morgan fingerprint density at radius 1 is 1.08 bits per heavy atom. The average molecular weight is 524 g/mol. The highest BCUT2D eigenvalue weighted by Gasteiger charge is 2.50.